The van der Waals surface area contributed by atoms with Crippen molar-refractivity contribution in [2.75, 3.05) is 41.0 Å². The lowest BCUT2D eigenvalue weighted by Crippen LogP contribution is -2.55. The van der Waals surface area contributed by atoms with Crippen molar-refractivity contribution < 1.29 is 38.2 Å². The highest BCUT2D eigenvalue weighted by molar-refractivity contribution is 5.70. The summed E-state index contributed by atoms with van der Waals surface area (Å²) in [4.78, 5) is 36.8. The molecule has 0 aromatic heterocycles. The first-order valence-electron chi connectivity index (χ1n) is 22.6. The van der Waals surface area contributed by atoms with Crippen molar-refractivity contribution in [2.45, 2.75) is 148 Å². The molecule has 0 amide bonds. The van der Waals surface area contributed by atoms with Crippen molar-refractivity contribution in [3.05, 3.63) is 122 Å². The molecule has 0 aliphatic heterocycles. The Morgan fingerprint density at radius 1 is 0.517 bits per heavy atom. The third-order valence-corrected chi connectivity index (χ3v) is 9.15. The van der Waals surface area contributed by atoms with Crippen molar-refractivity contribution in [1.82, 2.24) is 0 Å². The van der Waals surface area contributed by atoms with Crippen molar-refractivity contribution in [1.29, 1.82) is 0 Å². The second kappa shape index (κ2) is 41.5. The number of aliphatic carboxylic acids is 1. The predicted octanol–water partition coefficient (Wildman–Crippen LogP) is 11.3. The number of carbonyl (C=O) groups excluding carboxylic acids is 3. The number of hydrogen-bond donors (Lipinski definition) is 0. The van der Waals surface area contributed by atoms with Crippen LogP contribution >= 0.6 is 0 Å². The summed E-state index contributed by atoms with van der Waals surface area (Å²) in [6.07, 6.45) is 58.1. The first kappa shape index (κ1) is 55.7. The summed E-state index contributed by atoms with van der Waals surface area (Å²) in [6.45, 7) is 4.30. The molecule has 0 saturated heterocycles. The van der Waals surface area contributed by atoms with Crippen LogP contribution in [0.15, 0.2) is 122 Å². The Labute approximate surface area is 365 Å². The van der Waals surface area contributed by atoms with Crippen molar-refractivity contribution in [3.63, 3.8) is 0 Å². The van der Waals surface area contributed by atoms with Gasteiger partial charge in [-0.3, -0.25) is 9.59 Å². The molecule has 0 spiro atoms. The zero-order valence-corrected chi connectivity index (χ0v) is 38.1. The number of carboxylic acid groups (broad SMARTS) is 1. The number of allylic oxidation sites excluding steroid dienone is 20. The van der Waals surface area contributed by atoms with Crippen LogP contribution in [0.5, 0.6) is 0 Å². The van der Waals surface area contributed by atoms with Crippen molar-refractivity contribution in [3.8, 4) is 0 Å². The van der Waals surface area contributed by atoms with Gasteiger partial charge in [-0.15, -0.1) is 0 Å². The zero-order valence-electron chi connectivity index (χ0n) is 38.1. The molecule has 0 heterocycles. The minimum atomic E-state index is -1.14. The predicted molar refractivity (Wildman–Crippen MR) is 249 cm³/mol. The lowest BCUT2D eigenvalue weighted by Gasteiger charge is -2.34. The maximum atomic E-state index is 12.7. The van der Waals surface area contributed by atoms with Crippen molar-refractivity contribution in [2.24, 2.45) is 0 Å². The summed E-state index contributed by atoms with van der Waals surface area (Å²) >= 11 is 0. The first-order valence-corrected chi connectivity index (χ1v) is 22.6. The van der Waals surface area contributed by atoms with Gasteiger partial charge < -0.3 is 28.6 Å². The molecule has 0 aliphatic rings. The molecule has 0 fully saturated rings. The molecule has 336 valence electrons. The first-order chi connectivity index (χ1) is 29.1. The van der Waals surface area contributed by atoms with E-state index in [0.717, 1.165) is 96.3 Å². The van der Waals surface area contributed by atoms with Gasteiger partial charge in [-0.2, -0.15) is 0 Å². The maximum Gasteiger partial charge on any atom is 0.306 e. The number of hydrogen-bond acceptors (Lipinski definition) is 7. The number of carbonyl (C=O) groups is 3. The molecule has 0 aromatic carbocycles. The molecule has 0 aromatic rings. The van der Waals surface area contributed by atoms with Crippen LogP contribution in [-0.2, 0) is 28.6 Å². The Morgan fingerprint density at radius 2 is 0.983 bits per heavy atom. The molecule has 0 rings (SSSR count). The second-order valence-electron chi connectivity index (χ2n) is 15.6. The third kappa shape index (κ3) is 39.2. The number of carboxylic acids is 1. The highest BCUT2D eigenvalue weighted by Crippen LogP contribution is 2.11. The van der Waals surface area contributed by atoms with Gasteiger partial charge in [0, 0.05) is 19.3 Å². The van der Waals surface area contributed by atoms with E-state index in [9.17, 15) is 19.5 Å². The Hall–Kier alpha value is -4.27. The SMILES string of the molecule is CC/C=C/C=C/C=C/CCCCCCCC(=O)OC(COCCC(C(=O)[O-])[N+](C)(C)C)COC(=O)CCC/C=C/C/C=C/C/C=C/C/C=C/C/C=C/C/C=C/C/C=C/CC. The van der Waals surface area contributed by atoms with E-state index in [1.807, 2.05) is 12.2 Å². The molecule has 8 nitrogen and oxygen atoms in total. The maximum absolute atomic E-state index is 12.7. The molecule has 0 N–H and O–H groups in total. The fraction of sp³-hybridized carbons (Fsp3) is 0.558. The average Bonchev–Trinajstić information content (AvgIpc) is 3.21. The smallest absolute Gasteiger partial charge is 0.306 e. The van der Waals surface area contributed by atoms with Gasteiger partial charge in [0.15, 0.2) is 6.10 Å². The summed E-state index contributed by atoms with van der Waals surface area (Å²) in [5.74, 6) is -1.86. The minimum absolute atomic E-state index is 0.00482. The molecular weight excluding hydrogens is 751 g/mol. The van der Waals surface area contributed by atoms with Gasteiger partial charge in [-0.25, -0.2) is 0 Å². The summed E-state index contributed by atoms with van der Waals surface area (Å²) in [7, 11) is 5.36. The summed E-state index contributed by atoms with van der Waals surface area (Å²) < 4.78 is 17.1. The summed E-state index contributed by atoms with van der Waals surface area (Å²) in [5, 5.41) is 11.6. The molecule has 60 heavy (non-hydrogen) atoms. The number of quaternary nitrogens is 1. The van der Waals surface area contributed by atoms with Gasteiger partial charge in [0.1, 0.15) is 12.6 Å². The number of ether oxygens (including phenoxy) is 3. The molecule has 2 atom stereocenters. The van der Waals surface area contributed by atoms with Crippen LogP contribution in [-0.4, -0.2) is 75.5 Å². The van der Waals surface area contributed by atoms with E-state index in [-0.39, 0.29) is 55.5 Å². The van der Waals surface area contributed by atoms with Crippen LogP contribution in [0.25, 0.3) is 0 Å². The minimum Gasteiger partial charge on any atom is -0.544 e. The average molecular weight is 832 g/mol. The third-order valence-electron chi connectivity index (χ3n) is 9.15. The highest BCUT2D eigenvalue weighted by Gasteiger charge is 2.25. The van der Waals surface area contributed by atoms with Gasteiger partial charge in [0.2, 0.25) is 0 Å². The van der Waals surface area contributed by atoms with E-state index >= 15 is 0 Å². The van der Waals surface area contributed by atoms with E-state index in [1.165, 1.54) is 0 Å². The van der Waals surface area contributed by atoms with E-state index in [1.54, 1.807) is 21.1 Å². The van der Waals surface area contributed by atoms with E-state index in [4.69, 9.17) is 14.2 Å². The molecule has 0 bridgehead atoms. The lowest BCUT2D eigenvalue weighted by molar-refractivity contribution is -0.889. The summed E-state index contributed by atoms with van der Waals surface area (Å²) in [5.41, 5.74) is 0. The molecule has 0 aliphatic carbocycles. The number of unbranched alkanes of at least 4 members (excludes halogenated alkanes) is 6. The van der Waals surface area contributed by atoms with Gasteiger partial charge in [0.25, 0.3) is 0 Å². The Bertz CT molecular complexity index is 1390. The number of nitrogens with zero attached hydrogens (tertiary/aromatic N) is 1. The number of rotatable bonds is 38. The van der Waals surface area contributed by atoms with Crippen LogP contribution in [0, 0.1) is 0 Å². The zero-order chi connectivity index (χ0) is 44.2. The lowest BCUT2D eigenvalue weighted by atomic mass is 10.1. The molecule has 0 radical (unpaired) electrons. The second-order valence-corrected chi connectivity index (χ2v) is 15.6. The van der Waals surface area contributed by atoms with Crippen LogP contribution in [0.1, 0.15) is 136 Å². The van der Waals surface area contributed by atoms with Crippen LogP contribution in [0.4, 0.5) is 0 Å². The Balaban J connectivity index is 4.45. The standard InChI is InChI=1S/C52H81NO7/c1-6-8-10-12-14-16-18-20-21-22-23-24-25-26-27-28-29-31-32-34-36-38-40-42-50(54)59-47-48(46-58-45-44-49(52(56)57)53(3,4)5)60-51(55)43-41-39-37-35-33-30-19-17-15-13-11-9-7-2/h8-11,13-17,19-21,23-24,26-27,29,31,34,36,48-49H,6-7,12,18,22,25,28,30,32-33,35,37-47H2,1-5H3/b10-8+,11-9+,15-13+,16-14+,19-17+,21-20+,24-23+,27-26+,31-29+,36-34+. The fourth-order valence-corrected chi connectivity index (χ4v) is 5.70. The fourth-order valence-electron chi connectivity index (χ4n) is 5.70. The quantitative estimate of drug-likeness (QED) is 0.0201. The molecule has 0 saturated carbocycles. The van der Waals surface area contributed by atoms with E-state index < -0.39 is 18.1 Å². The monoisotopic (exact) mass is 832 g/mol. The Morgan fingerprint density at radius 3 is 1.52 bits per heavy atom. The van der Waals surface area contributed by atoms with Gasteiger partial charge >= 0.3 is 11.9 Å². The normalized spacial score (nSPS) is 14.1. The van der Waals surface area contributed by atoms with E-state index in [2.05, 4.69) is 123 Å². The Kier molecular flexibility index (Phi) is 38.5. The molecule has 8 heteroatoms. The molecule has 2 unspecified atom stereocenters. The highest BCUT2D eigenvalue weighted by atomic mass is 16.6. The van der Waals surface area contributed by atoms with Crippen molar-refractivity contribution >= 4 is 17.9 Å². The largest absolute Gasteiger partial charge is 0.544 e. The number of likely N-dealkylation sites (N-methyl/N-ethyl adjacent to an activating group) is 1. The van der Waals surface area contributed by atoms with Gasteiger partial charge in [-0.1, -0.05) is 155 Å². The summed E-state index contributed by atoms with van der Waals surface area (Å²) in [6, 6.07) is -0.746. The van der Waals surface area contributed by atoms with E-state index in [0.29, 0.717) is 6.42 Å². The number of esters is 2. The van der Waals surface area contributed by atoms with Gasteiger partial charge in [0.05, 0.1) is 40.3 Å². The van der Waals surface area contributed by atoms with Crippen LogP contribution < -0.4 is 5.11 Å². The van der Waals surface area contributed by atoms with Crippen LogP contribution in [0.3, 0.4) is 0 Å². The van der Waals surface area contributed by atoms with Crippen LogP contribution in [0.2, 0.25) is 0 Å². The van der Waals surface area contributed by atoms with Gasteiger partial charge in [-0.05, 0) is 83.5 Å². The topological polar surface area (TPSA) is 102 Å². The molecular formula is C52H81NO7.